The molecule has 2 heteroatoms. The summed E-state index contributed by atoms with van der Waals surface area (Å²) < 4.78 is 0. The summed E-state index contributed by atoms with van der Waals surface area (Å²) in [6.07, 6.45) is 4.13. The van der Waals surface area contributed by atoms with Crippen LogP contribution in [0.4, 0.5) is 0 Å². The Bertz CT molecular complexity index is 110. The molecule has 0 aliphatic carbocycles. The summed E-state index contributed by atoms with van der Waals surface area (Å²) in [4.78, 5) is 0. The van der Waals surface area contributed by atoms with Gasteiger partial charge in [-0.1, -0.05) is 13.8 Å². The molecule has 0 aromatic carbocycles. The van der Waals surface area contributed by atoms with Crippen molar-refractivity contribution < 1.29 is 0 Å². The fourth-order valence-electron chi connectivity index (χ4n) is 1.48. The van der Waals surface area contributed by atoms with Crippen LogP contribution in [0.2, 0.25) is 0 Å². The number of piperidine rings is 1. The average molecular weight is 187 g/mol. The minimum absolute atomic E-state index is 0.854. The lowest BCUT2D eigenvalue weighted by atomic mass is 10.0. The van der Waals surface area contributed by atoms with Gasteiger partial charge in [-0.3, -0.25) is 0 Å². The van der Waals surface area contributed by atoms with Gasteiger partial charge in [-0.05, 0) is 44.0 Å². The van der Waals surface area contributed by atoms with Crippen LogP contribution in [-0.4, -0.2) is 24.1 Å². The lowest BCUT2D eigenvalue weighted by Gasteiger charge is -2.23. The summed E-state index contributed by atoms with van der Waals surface area (Å²) in [6, 6.07) is 0. The van der Waals surface area contributed by atoms with Crippen LogP contribution in [0.15, 0.2) is 0 Å². The Morgan fingerprint density at radius 2 is 2.42 bits per heavy atom. The van der Waals surface area contributed by atoms with Gasteiger partial charge in [-0.15, -0.1) is 0 Å². The fourth-order valence-corrected chi connectivity index (χ4v) is 2.61. The topological polar surface area (TPSA) is 12.0 Å². The summed E-state index contributed by atoms with van der Waals surface area (Å²) >= 11 is 2.14. The van der Waals surface area contributed by atoms with E-state index in [1.807, 2.05) is 0 Å². The van der Waals surface area contributed by atoms with Crippen molar-refractivity contribution in [3.8, 4) is 0 Å². The van der Waals surface area contributed by atoms with E-state index in [0.717, 1.165) is 11.2 Å². The molecule has 1 rings (SSSR count). The zero-order valence-corrected chi connectivity index (χ0v) is 9.12. The van der Waals surface area contributed by atoms with Crippen molar-refractivity contribution in [2.24, 2.45) is 5.92 Å². The second-order valence-electron chi connectivity index (χ2n) is 3.76. The second kappa shape index (κ2) is 5.87. The van der Waals surface area contributed by atoms with Gasteiger partial charge in [0.05, 0.1) is 0 Å². The largest absolute Gasteiger partial charge is 0.316 e. The van der Waals surface area contributed by atoms with Crippen LogP contribution in [0.3, 0.4) is 0 Å². The van der Waals surface area contributed by atoms with Crippen LogP contribution in [0.25, 0.3) is 0 Å². The van der Waals surface area contributed by atoms with Crippen molar-refractivity contribution in [3.05, 3.63) is 0 Å². The van der Waals surface area contributed by atoms with Gasteiger partial charge in [0.1, 0.15) is 0 Å². The third-order valence-electron chi connectivity index (χ3n) is 2.59. The molecular weight excluding hydrogens is 166 g/mol. The normalized spacial score (nSPS) is 27.0. The third-order valence-corrected chi connectivity index (χ3v) is 4.16. The Labute approximate surface area is 80.7 Å². The standard InChI is InChI=1S/C10H21NS/c1-3-9(2)12-8-10-5-4-6-11-7-10/h9-11H,3-8H2,1-2H3. The lowest BCUT2D eigenvalue weighted by molar-refractivity contribution is 0.410. The molecule has 1 N–H and O–H groups in total. The number of rotatable bonds is 4. The summed E-state index contributed by atoms with van der Waals surface area (Å²) in [7, 11) is 0. The van der Waals surface area contributed by atoms with Gasteiger partial charge in [0.15, 0.2) is 0 Å². The molecule has 0 spiro atoms. The second-order valence-corrected chi connectivity index (χ2v) is 5.24. The Kier molecular flexibility index (Phi) is 5.08. The molecule has 1 fully saturated rings. The molecule has 1 heterocycles. The fraction of sp³-hybridized carbons (Fsp3) is 1.00. The summed E-state index contributed by atoms with van der Waals surface area (Å²) in [5, 5.41) is 4.32. The zero-order chi connectivity index (χ0) is 8.81. The van der Waals surface area contributed by atoms with Crippen LogP contribution in [0, 0.1) is 5.92 Å². The molecule has 2 unspecified atom stereocenters. The minimum Gasteiger partial charge on any atom is -0.316 e. The van der Waals surface area contributed by atoms with Gasteiger partial charge in [-0.25, -0.2) is 0 Å². The van der Waals surface area contributed by atoms with Crippen molar-refractivity contribution in [1.82, 2.24) is 5.32 Å². The van der Waals surface area contributed by atoms with E-state index in [2.05, 4.69) is 30.9 Å². The molecule has 0 aromatic rings. The number of hydrogen-bond donors (Lipinski definition) is 1. The summed E-state index contributed by atoms with van der Waals surface area (Å²) in [5.74, 6) is 2.31. The average Bonchev–Trinajstić information content (AvgIpc) is 2.16. The molecule has 1 aliphatic rings. The van der Waals surface area contributed by atoms with Gasteiger partial charge < -0.3 is 5.32 Å². The molecule has 0 saturated carbocycles. The van der Waals surface area contributed by atoms with Crippen LogP contribution in [0.5, 0.6) is 0 Å². The molecule has 0 aromatic heterocycles. The molecular formula is C10H21NS. The monoisotopic (exact) mass is 187 g/mol. The van der Waals surface area contributed by atoms with Gasteiger partial charge in [-0.2, -0.15) is 11.8 Å². The number of thioether (sulfide) groups is 1. The first-order valence-electron chi connectivity index (χ1n) is 5.15. The van der Waals surface area contributed by atoms with E-state index >= 15 is 0 Å². The third kappa shape index (κ3) is 3.81. The number of hydrogen-bond acceptors (Lipinski definition) is 2. The highest BCUT2D eigenvalue weighted by atomic mass is 32.2. The van der Waals surface area contributed by atoms with Gasteiger partial charge >= 0.3 is 0 Å². The molecule has 12 heavy (non-hydrogen) atoms. The van der Waals surface area contributed by atoms with Crippen LogP contribution >= 0.6 is 11.8 Å². The van der Waals surface area contributed by atoms with Crippen molar-refractivity contribution in [3.63, 3.8) is 0 Å². The van der Waals surface area contributed by atoms with E-state index < -0.39 is 0 Å². The van der Waals surface area contributed by atoms with Gasteiger partial charge in [0.25, 0.3) is 0 Å². The highest BCUT2D eigenvalue weighted by Gasteiger charge is 2.13. The van der Waals surface area contributed by atoms with E-state index in [1.165, 1.54) is 38.1 Å². The van der Waals surface area contributed by atoms with E-state index in [9.17, 15) is 0 Å². The Balaban J connectivity index is 2.05. The maximum atomic E-state index is 3.46. The van der Waals surface area contributed by atoms with Crippen molar-refractivity contribution in [2.45, 2.75) is 38.4 Å². The van der Waals surface area contributed by atoms with Crippen LogP contribution < -0.4 is 5.32 Å². The number of nitrogens with one attached hydrogen (secondary N) is 1. The molecule has 1 nitrogen and oxygen atoms in total. The van der Waals surface area contributed by atoms with Crippen molar-refractivity contribution >= 4 is 11.8 Å². The Hall–Kier alpha value is 0.310. The van der Waals surface area contributed by atoms with Crippen molar-refractivity contribution in [2.75, 3.05) is 18.8 Å². The smallest absolute Gasteiger partial charge is 0.00162 e. The maximum absolute atomic E-state index is 3.46. The first-order valence-corrected chi connectivity index (χ1v) is 6.20. The lowest BCUT2D eigenvalue weighted by Crippen LogP contribution is -2.31. The molecule has 0 amide bonds. The SMILES string of the molecule is CCC(C)SCC1CCCNC1. The van der Waals surface area contributed by atoms with E-state index in [1.54, 1.807) is 0 Å². The Morgan fingerprint density at radius 3 is 3.00 bits per heavy atom. The minimum atomic E-state index is 0.854. The highest BCUT2D eigenvalue weighted by molar-refractivity contribution is 7.99. The van der Waals surface area contributed by atoms with Gasteiger partial charge in [0, 0.05) is 5.25 Å². The first-order chi connectivity index (χ1) is 5.83. The molecule has 1 saturated heterocycles. The van der Waals surface area contributed by atoms with E-state index in [4.69, 9.17) is 0 Å². The highest BCUT2D eigenvalue weighted by Crippen LogP contribution is 2.21. The molecule has 2 atom stereocenters. The van der Waals surface area contributed by atoms with Gasteiger partial charge in [0.2, 0.25) is 0 Å². The zero-order valence-electron chi connectivity index (χ0n) is 8.31. The predicted molar refractivity (Wildman–Crippen MR) is 57.8 cm³/mol. The Morgan fingerprint density at radius 1 is 1.58 bits per heavy atom. The molecule has 72 valence electrons. The quantitative estimate of drug-likeness (QED) is 0.726. The van der Waals surface area contributed by atoms with E-state index in [-0.39, 0.29) is 0 Å². The predicted octanol–water partition coefficient (Wildman–Crippen LogP) is 2.52. The summed E-state index contributed by atoms with van der Waals surface area (Å²) in [5.41, 5.74) is 0. The molecule has 1 aliphatic heterocycles. The maximum Gasteiger partial charge on any atom is 0.00162 e. The molecule has 0 radical (unpaired) electrons. The van der Waals surface area contributed by atoms with Crippen LogP contribution in [-0.2, 0) is 0 Å². The van der Waals surface area contributed by atoms with Crippen molar-refractivity contribution in [1.29, 1.82) is 0 Å². The van der Waals surface area contributed by atoms with E-state index in [0.29, 0.717) is 0 Å². The van der Waals surface area contributed by atoms with Crippen LogP contribution in [0.1, 0.15) is 33.1 Å². The first kappa shape index (κ1) is 10.4. The molecule has 0 bridgehead atoms. The summed E-state index contributed by atoms with van der Waals surface area (Å²) in [6.45, 7) is 7.10.